The molecule has 0 fully saturated rings. The summed E-state index contributed by atoms with van der Waals surface area (Å²) in [6.07, 6.45) is 0. The molecule has 0 saturated heterocycles. The number of Topliss-reactive ketones (excluding diaryl/α,β-unsaturated/α-hetero) is 1. The van der Waals surface area contributed by atoms with Crippen molar-refractivity contribution in [2.45, 2.75) is 25.1 Å². The fourth-order valence-electron chi connectivity index (χ4n) is 2.73. The lowest BCUT2D eigenvalue weighted by molar-refractivity contribution is -0.137. The van der Waals surface area contributed by atoms with Crippen LogP contribution in [0.1, 0.15) is 20.8 Å². The first-order chi connectivity index (χ1) is 12.8. The van der Waals surface area contributed by atoms with Crippen LogP contribution in [0.3, 0.4) is 0 Å². The van der Waals surface area contributed by atoms with Gasteiger partial charge in [-0.1, -0.05) is 11.8 Å². The number of ketones is 1. The van der Waals surface area contributed by atoms with Gasteiger partial charge in [-0.15, -0.1) is 0 Å². The summed E-state index contributed by atoms with van der Waals surface area (Å²) in [5.74, 6) is 0.242. The van der Waals surface area contributed by atoms with Crippen LogP contribution in [0.25, 0.3) is 0 Å². The Hall–Kier alpha value is -2.13. The van der Waals surface area contributed by atoms with Crippen molar-refractivity contribution in [2.24, 2.45) is 5.10 Å². The zero-order valence-corrected chi connectivity index (χ0v) is 17.4. The van der Waals surface area contributed by atoms with Gasteiger partial charge in [0.25, 0.3) is 0 Å². The number of methoxy groups -OCH3 is 1. The molecule has 1 unspecified atom stereocenters. The molecule has 0 amide bonds. The van der Waals surface area contributed by atoms with Crippen LogP contribution in [0.5, 0.6) is 5.75 Å². The maximum atomic E-state index is 12.4. The van der Waals surface area contributed by atoms with Crippen LogP contribution < -0.4 is 9.75 Å². The summed E-state index contributed by atoms with van der Waals surface area (Å²) in [4.78, 5) is 26.9. The van der Waals surface area contributed by atoms with E-state index in [1.165, 1.54) is 30.4 Å². The monoisotopic (exact) mass is 407 g/mol. The van der Waals surface area contributed by atoms with Gasteiger partial charge in [0.05, 0.1) is 19.4 Å². The fraction of sp³-hybridized carbons (Fsp3) is 0.389. The van der Waals surface area contributed by atoms with Gasteiger partial charge in [0.1, 0.15) is 10.7 Å². The highest BCUT2D eigenvalue weighted by Crippen LogP contribution is 2.58. The van der Waals surface area contributed by atoms with E-state index < -0.39 is 4.33 Å². The molecular weight excluding hydrogens is 386 g/mol. The van der Waals surface area contributed by atoms with Crippen molar-refractivity contribution in [1.82, 2.24) is 4.90 Å². The molecule has 0 radical (unpaired) electrons. The fourth-order valence-corrected chi connectivity index (χ4v) is 5.61. The van der Waals surface area contributed by atoms with Crippen molar-refractivity contribution in [3.05, 3.63) is 34.9 Å². The number of nitrogens with zero attached hydrogens (tertiary/aromatic N) is 3. The number of carbonyl (C=O) groups excluding carboxylic acids is 2. The van der Waals surface area contributed by atoms with Gasteiger partial charge in [-0.05, 0) is 49.9 Å². The van der Waals surface area contributed by atoms with Gasteiger partial charge in [-0.25, -0.2) is 9.80 Å². The zero-order chi connectivity index (χ0) is 19.8. The number of benzene rings is 1. The van der Waals surface area contributed by atoms with Crippen LogP contribution in [0.15, 0.2) is 40.0 Å². The predicted octanol–water partition coefficient (Wildman–Crippen LogP) is 3.24. The van der Waals surface area contributed by atoms with E-state index in [0.29, 0.717) is 16.6 Å². The number of thioether (sulfide) groups is 2. The maximum absolute atomic E-state index is 12.4. The Labute approximate surface area is 166 Å². The minimum atomic E-state index is -0.804. The Morgan fingerprint density at radius 1 is 1.22 bits per heavy atom. The highest BCUT2D eigenvalue weighted by molar-refractivity contribution is 8.28. The Balaban J connectivity index is 2.02. The Morgan fingerprint density at radius 3 is 2.44 bits per heavy atom. The van der Waals surface area contributed by atoms with Gasteiger partial charge < -0.3 is 14.4 Å². The number of anilines is 1. The molecule has 2 aliphatic rings. The van der Waals surface area contributed by atoms with Crippen LogP contribution >= 0.6 is 23.5 Å². The molecule has 0 saturated carbocycles. The van der Waals surface area contributed by atoms with Gasteiger partial charge in [0, 0.05) is 19.7 Å². The number of carbonyl (C=O) groups is 2. The third-order valence-electron chi connectivity index (χ3n) is 4.26. The second-order valence-corrected chi connectivity index (χ2v) is 8.52. The Bertz CT molecular complexity index is 838. The lowest BCUT2D eigenvalue weighted by Gasteiger charge is -2.39. The second-order valence-electron chi connectivity index (χ2n) is 5.92. The minimum Gasteiger partial charge on any atom is -0.497 e. The van der Waals surface area contributed by atoms with E-state index in [2.05, 4.69) is 5.10 Å². The number of ether oxygens (including phenoxy) is 2. The quantitative estimate of drug-likeness (QED) is 0.689. The summed E-state index contributed by atoms with van der Waals surface area (Å²) in [6.45, 7) is 5.44. The molecule has 2 aliphatic heterocycles. The molecule has 1 aromatic carbocycles. The average Bonchev–Trinajstić information content (AvgIpc) is 3.16. The molecule has 0 bridgehead atoms. The van der Waals surface area contributed by atoms with Crippen molar-refractivity contribution in [3.63, 3.8) is 0 Å². The Morgan fingerprint density at radius 2 is 1.89 bits per heavy atom. The van der Waals surface area contributed by atoms with Crippen LogP contribution in [-0.2, 0) is 14.3 Å². The molecule has 1 atom stereocenters. The molecule has 0 aromatic heterocycles. The SMILES string of the molecule is CCOC(=O)C1=C(C)N(C)C2(SC(C(C)=O)=NN2c2ccc(OC)cc2)S1. The first-order valence-corrected chi connectivity index (χ1v) is 10.0. The average molecular weight is 408 g/mol. The van der Waals surface area contributed by atoms with Crippen molar-refractivity contribution in [2.75, 3.05) is 25.8 Å². The molecular formula is C18H21N3O4S2. The van der Waals surface area contributed by atoms with Gasteiger partial charge >= 0.3 is 5.97 Å². The lowest BCUT2D eigenvalue weighted by atomic mass is 10.3. The smallest absolute Gasteiger partial charge is 0.346 e. The van der Waals surface area contributed by atoms with E-state index in [0.717, 1.165) is 17.1 Å². The predicted molar refractivity (Wildman–Crippen MR) is 109 cm³/mol. The van der Waals surface area contributed by atoms with Crippen molar-refractivity contribution in [3.8, 4) is 5.75 Å². The summed E-state index contributed by atoms with van der Waals surface area (Å²) in [5.41, 5.74) is 1.57. The molecule has 9 heteroatoms. The molecule has 27 heavy (non-hydrogen) atoms. The molecule has 3 rings (SSSR count). The summed E-state index contributed by atoms with van der Waals surface area (Å²) >= 11 is 2.67. The third-order valence-corrected chi connectivity index (χ3v) is 7.41. The summed E-state index contributed by atoms with van der Waals surface area (Å²) in [6, 6.07) is 7.42. The van der Waals surface area contributed by atoms with E-state index in [1.54, 1.807) is 19.0 Å². The molecule has 0 N–H and O–H groups in total. The van der Waals surface area contributed by atoms with E-state index in [9.17, 15) is 9.59 Å². The first-order valence-electron chi connectivity index (χ1n) is 8.37. The number of hydrazone groups is 1. The molecule has 7 nitrogen and oxygen atoms in total. The second kappa shape index (κ2) is 7.47. The zero-order valence-electron chi connectivity index (χ0n) is 15.8. The van der Waals surface area contributed by atoms with Crippen molar-refractivity contribution >= 4 is 46.0 Å². The highest BCUT2D eigenvalue weighted by Gasteiger charge is 2.56. The van der Waals surface area contributed by atoms with Crippen LogP contribution in [0, 0.1) is 0 Å². The van der Waals surface area contributed by atoms with Crippen LogP contribution in [0.4, 0.5) is 5.69 Å². The summed E-state index contributed by atoms with van der Waals surface area (Å²) in [5, 5.41) is 6.72. The number of allylic oxidation sites excluding steroid dienone is 1. The molecule has 2 heterocycles. The maximum Gasteiger partial charge on any atom is 0.346 e. The van der Waals surface area contributed by atoms with E-state index in [1.807, 2.05) is 43.1 Å². The van der Waals surface area contributed by atoms with Crippen LogP contribution in [-0.4, -0.2) is 46.8 Å². The summed E-state index contributed by atoms with van der Waals surface area (Å²) < 4.78 is 9.62. The topological polar surface area (TPSA) is 71.4 Å². The molecule has 1 spiro atoms. The first kappa shape index (κ1) is 19.6. The lowest BCUT2D eigenvalue weighted by Crippen LogP contribution is -2.47. The van der Waals surface area contributed by atoms with Crippen molar-refractivity contribution in [1.29, 1.82) is 0 Å². The molecule has 144 valence electrons. The highest BCUT2D eigenvalue weighted by atomic mass is 32.2. The van der Waals surface area contributed by atoms with E-state index in [4.69, 9.17) is 9.47 Å². The normalized spacial score (nSPS) is 21.7. The minimum absolute atomic E-state index is 0.119. The van der Waals surface area contributed by atoms with Gasteiger partial charge in [-0.2, -0.15) is 5.10 Å². The van der Waals surface area contributed by atoms with Gasteiger partial charge in [-0.3, -0.25) is 4.79 Å². The van der Waals surface area contributed by atoms with Gasteiger partial charge in [0.2, 0.25) is 4.33 Å². The molecule has 0 aliphatic carbocycles. The largest absolute Gasteiger partial charge is 0.497 e. The number of hydrogen-bond donors (Lipinski definition) is 0. The molecule has 1 aromatic rings. The number of hydrogen-bond acceptors (Lipinski definition) is 9. The standard InChI is InChI=1S/C18H21N3O4S2/c1-6-25-17(23)15-11(2)20(4)18(26-15)21(19-16(27-18)12(3)22)13-7-9-14(24-5)10-8-13/h7-10H,6H2,1-5H3. The number of esters is 1. The Kier molecular flexibility index (Phi) is 5.43. The third kappa shape index (κ3) is 3.29. The summed E-state index contributed by atoms with van der Waals surface area (Å²) in [7, 11) is 3.49. The van der Waals surface area contributed by atoms with E-state index in [-0.39, 0.29) is 11.8 Å². The van der Waals surface area contributed by atoms with Gasteiger partial charge in [0.15, 0.2) is 10.8 Å². The van der Waals surface area contributed by atoms with E-state index >= 15 is 0 Å². The van der Waals surface area contributed by atoms with Crippen LogP contribution in [0.2, 0.25) is 0 Å². The van der Waals surface area contributed by atoms with Crippen molar-refractivity contribution < 1.29 is 19.1 Å². The number of rotatable bonds is 5.